The quantitative estimate of drug-likeness (QED) is 0.617. The van der Waals surface area contributed by atoms with Gasteiger partial charge in [-0.25, -0.2) is 9.97 Å². The van der Waals surface area contributed by atoms with Crippen LogP contribution in [0.25, 0.3) is 22.2 Å². The topological polar surface area (TPSA) is 69.8 Å². The van der Waals surface area contributed by atoms with Crippen LogP contribution in [0.15, 0.2) is 34.0 Å². The number of hydrogen-bond donors (Lipinski definition) is 0. The van der Waals surface area contributed by atoms with Crippen molar-refractivity contribution in [3.05, 3.63) is 56.1 Å². The smallest absolute Gasteiger partial charge is 0.318 e. The van der Waals surface area contributed by atoms with E-state index in [1.54, 1.807) is 0 Å². The minimum atomic E-state index is -4.82. The Morgan fingerprint density at radius 3 is 2.40 bits per heavy atom. The Morgan fingerprint density at radius 1 is 1.12 bits per heavy atom. The minimum absolute atomic E-state index is 0.0127. The molecule has 0 fully saturated rings. The Bertz CT molecular complexity index is 1120. The van der Waals surface area contributed by atoms with Gasteiger partial charge in [0.1, 0.15) is 10.7 Å². The van der Waals surface area contributed by atoms with Crippen molar-refractivity contribution < 1.29 is 13.2 Å². The van der Waals surface area contributed by atoms with Crippen molar-refractivity contribution in [2.75, 3.05) is 0 Å². The fraction of sp³-hybridized carbons (Fsp3) is 0.200. The molecule has 0 atom stereocenters. The second-order valence-corrected chi connectivity index (χ2v) is 5.74. The first-order chi connectivity index (χ1) is 11.6. The van der Waals surface area contributed by atoms with Gasteiger partial charge in [0.2, 0.25) is 11.4 Å². The number of alkyl halides is 3. The second-order valence-electron chi connectivity index (χ2n) is 5.35. The molecule has 3 heterocycles. The molecule has 130 valence electrons. The molecular weight excluding hydrogens is 361 g/mol. The molecule has 0 saturated heterocycles. The van der Waals surface area contributed by atoms with Crippen molar-refractivity contribution in [1.82, 2.24) is 19.1 Å². The fourth-order valence-electron chi connectivity index (χ4n) is 2.43. The Morgan fingerprint density at radius 2 is 1.80 bits per heavy atom. The minimum Gasteiger partial charge on any atom is -0.318 e. The predicted octanol–water partition coefficient (Wildman–Crippen LogP) is 2.37. The van der Waals surface area contributed by atoms with Crippen LogP contribution < -0.4 is 11.1 Å². The molecule has 3 aromatic heterocycles. The second kappa shape index (κ2) is 5.69. The number of pyridine rings is 2. The Hall–Kier alpha value is -2.68. The van der Waals surface area contributed by atoms with E-state index >= 15 is 0 Å². The molecule has 0 bridgehead atoms. The Labute approximate surface area is 143 Å². The molecule has 0 aliphatic carbocycles. The molecule has 3 aromatic rings. The van der Waals surface area contributed by atoms with Crippen LogP contribution >= 0.6 is 11.6 Å². The normalized spacial score (nSPS) is 11.9. The average molecular weight is 371 g/mol. The number of hydrogen-bond acceptors (Lipinski definition) is 4. The van der Waals surface area contributed by atoms with Crippen LogP contribution in [0.3, 0.4) is 0 Å². The summed E-state index contributed by atoms with van der Waals surface area (Å²) in [4.78, 5) is 31.5. The van der Waals surface area contributed by atoms with E-state index in [4.69, 9.17) is 11.6 Å². The molecule has 0 amide bonds. The molecule has 0 aliphatic heterocycles. The molecule has 0 spiro atoms. The molecule has 3 rings (SSSR count). The zero-order valence-corrected chi connectivity index (χ0v) is 13.7. The number of aryl methyl sites for hydroxylation is 1. The molecule has 0 unspecified atom stereocenters. The van der Waals surface area contributed by atoms with Gasteiger partial charge in [-0.1, -0.05) is 11.6 Å². The van der Waals surface area contributed by atoms with Crippen LogP contribution in [0, 0.1) is 0 Å². The first-order valence-corrected chi connectivity index (χ1v) is 7.29. The van der Waals surface area contributed by atoms with E-state index in [0.29, 0.717) is 10.1 Å². The van der Waals surface area contributed by atoms with Crippen molar-refractivity contribution in [1.29, 1.82) is 0 Å². The van der Waals surface area contributed by atoms with Crippen molar-refractivity contribution in [2.45, 2.75) is 6.18 Å². The van der Waals surface area contributed by atoms with E-state index in [1.165, 1.54) is 29.9 Å². The van der Waals surface area contributed by atoms with Gasteiger partial charge in [-0.05, 0) is 12.1 Å². The SMILES string of the molecule is Cn1cc(-c2nc(Cl)cc3c(=O)n(C)c(C(F)(F)F)nc23)ccc1=O. The molecule has 25 heavy (non-hydrogen) atoms. The molecule has 0 aromatic carbocycles. The highest BCUT2D eigenvalue weighted by molar-refractivity contribution is 6.30. The summed E-state index contributed by atoms with van der Waals surface area (Å²) in [6, 6.07) is 3.78. The number of fused-ring (bicyclic) bond motifs is 1. The van der Waals surface area contributed by atoms with Crippen molar-refractivity contribution >= 4 is 22.5 Å². The molecule has 10 heteroatoms. The van der Waals surface area contributed by atoms with Crippen LogP contribution in [-0.2, 0) is 20.3 Å². The van der Waals surface area contributed by atoms with E-state index in [1.807, 2.05) is 0 Å². The lowest BCUT2D eigenvalue weighted by molar-refractivity contribution is -0.147. The maximum atomic E-state index is 13.2. The summed E-state index contributed by atoms with van der Waals surface area (Å²) >= 11 is 5.92. The third-order valence-corrected chi connectivity index (χ3v) is 3.84. The lowest BCUT2D eigenvalue weighted by Crippen LogP contribution is -2.28. The highest BCUT2D eigenvalue weighted by atomic mass is 35.5. The van der Waals surface area contributed by atoms with Crippen LogP contribution in [-0.4, -0.2) is 19.1 Å². The largest absolute Gasteiger partial charge is 0.449 e. The fourth-order valence-corrected chi connectivity index (χ4v) is 2.62. The lowest BCUT2D eigenvalue weighted by Gasteiger charge is -2.14. The maximum Gasteiger partial charge on any atom is 0.449 e. The number of aromatic nitrogens is 4. The van der Waals surface area contributed by atoms with Gasteiger partial charge in [-0.2, -0.15) is 13.2 Å². The summed E-state index contributed by atoms with van der Waals surface area (Å²) in [6.45, 7) is 0. The van der Waals surface area contributed by atoms with E-state index < -0.39 is 17.6 Å². The van der Waals surface area contributed by atoms with Crippen LogP contribution in [0.2, 0.25) is 5.15 Å². The zero-order chi connectivity index (χ0) is 18.5. The van der Waals surface area contributed by atoms with Crippen LogP contribution in [0.4, 0.5) is 13.2 Å². The summed E-state index contributed by atoms with van der Waals surface area (Å²) in [5.41, 5.74) is -1.15. The molecule has 0 saturated carbocycles. The molecule has 0 N–H and O–H groups in total. The summed E-state index contributed by atoms with van der Waals surface area (Å²) < 4.78 is 41.2. The van der Waals surface area contributed by atoms with Gasteiger partial charge >= 0.3 is 6.18 Å². The van der Waals surface area contributed by atoms with E-state index in [-0.39, 0.29) is 27.3 Å². The number of halogens is 4. The first-order valence-electron chi connectivity index (χ1n) is 6.91. The summed E-state index contributed by atoms with van der Waals surface area (Å²) in [5.74, 6) is -1.35. The van der Waals surface area contributed by atoms with Gasteiger partial charge in [0.25, 0.3) is 5.56 Å². The average Bonchev–Trinajstić information content (AvgIpc) is 2.52. The zero-order valence-electron chi connectivity index (χ0n) is 12.9. The van der Waals surface area contributed by atoms with E-state index in [9.17, 15) is 22.8 Å². The van der Waals surface area contributed by atoms with Gasteiger partial charge in [-0.15, -0.1) is 0 Å². The molecule has 0 radical (unpaired) electrons. The van der Waals surface area contributed by atoms with Crippen molar-refractivity contribution in [2.24, 2.45) is 14.1 Å². The molecular formula is C15H10ClF3N4O2. The Kier molecular flexibility index (Phi) is 3.91. The van der Waals surface area contributed by atoms with Gasteiger partial charge in [-0.3, -0.25) is 14.2 Å². The highest BCUT2D eigenvalue weighted by Gasteiger charge is 2.36. The third-order valence-electron chi connectivity index (χ3n) is 3.64. The molecule has 6 nitrogen and oxygen atoms in total. The first kappa shape index (κ1) is 17.2. The maximum absolute atomic E-state index is 13.2. The number of nitrogens with zero attached hydrogens (tertiary/aromatic N) is 4. The monoisotopic (exact) mass is 370 g/mol. The Balaban J connectivity index is 2.47. The van der Waals surface area contributed by atoms with E-state index in [2.05, 4.69) is 9.97 Å². The predicted molar refractivity (Wildman–Crippen MR) is 85.5 cm³/mol. The van der Waals surface area contributed by atoms with Gasteiger partial charge < -0.3 is 4.57 Å². The molecule has 0 aliphatic rings. The highest BCUT2D eigenvalue weighted by Crippen LogP contribution is 2.31. The third kappa shape index (κ3) is 2.91. The lowest BCUT2D eigenvalue weighted by atomic mass is 10.1. The van der Waals surface area contributed by atoms with Crippen molar-refractivity contribution in [3.63, 3.8) is 0 Å². The summed E-state index contributed by atoms with van der Waals surface area (Å²) in [5, 5.41) is -0.172. The van der Waals surface area contributed by atoms with Gasteiger partial charge in [0.05, 0.1) is 11.1 Å². The van der Waals surface area contributed by atoms with Gasteiger partial charge in [0, 0.05) is 31.9 Å². The standard InChI is InChI=1S/C15H10ClF3N4O2/c1-22-6-7(3-4-10(22)24)11-12-8(5-9(16)20-11)13(25)23(2)14(21-12)15(17,18)19/h3-6H,1-2H3. The van der Waals surface area contributed by atoms with E-state index in [0.717, 1.165) is 13.1 Å². The van der Waals surface area contributed by atoms with Gasteiger partial charge in [0.15, 0.2) is 0 Å². The summed E-state index contributed by atoms with van der Waals surface area (Å²) in [7, 11) is 2.46. The van der Waals surface area contributed by atoms with Crippen LogP contribution in [0.1, 0.15) is 5.82 Å². The van der Waals surface area contributed by atoms with Crippen LogP contribution in [0.5, 0.6) is 0 Å². The van der Waals surface area contributed by atoms with Crippen molar-refractivity contribution in [3.8, 4) is 11.3 Å². The number of rotatable bonds is 1. The summed E-state index contributed by atoms with van der Waals surface area (Å²) in [6.07, 6.45) is -3.44.